The fourth-order valence-electron chi connectivity index (χ4n) is 3.45. The fraction of sp³-hybridized carbons (Fsp3) is 0.421. The van der Waals surface area contributed by atoms with Gasteiger partial charge in [0.25, 0.3) is 5.91 Å². The number of anilines is 1. The minimum absolute atomic E-state index is 0.0192. The largest absolute Gasteiger partial charge is 0.353 e. The lowest BCUT2D eigenvalue weighted by molar-refractivity contribution is 0.0746. The van der Waals surface area contributed by atoms with E-state index >= 15 is 0 Å². The highest BCUT2D eigenvalue weighted by atomic mass is 16.2. The monoisotopic (exact) mass is 380 g/mol. The quantitative estimate of drug-likeness (QED) is 0.661. The zero-order valence-electron chi connectivity index (χ0n) is 16.2. The van der Waals surface area contributed by atoms with Crippen molar-refractivity contribution in [3.63, 3.8) is 0 Å². The van der Waals surface area contributed by atoms with Crippen LogP contribution >= 0.6 is 0 Å². The van der Waals surface area contributed by atoms with Gasteiger partial charge >= 0.3 is 0 Å². The van der Waals surface area contributed by atoms with Gasteiger partial charge in [0.2, 0.25) is 0 Å². The molecule has 28 heavy (non-hydrogen) atoms. The zero-order valence-corrected chi connectivity index (χ0v) is 16.2. The maximum absolute atomic E-state index is 12.9. The SMILES string of the molecule is CCn1nnc(C)c1Cn1cc(C(=O)N2CCN(c3ccccn3)CC2)cn1. The van der Waals surface area contributed by atoms with Gasteiger partial charge in [-0.2, -0.15) is 5.10 Å². The van der Waals surface area contributed by atoms with Crippen molar-refractivity contribution < 1.29 is 4.79 Å². The van der Waals surface area contributed by atoms with Crippen LogP contribution in [-0.2, 0) is 13.1 Å². The molecule has 4 rings (SSSR count). The van der Waals surface area contributed by atoms with Gasteiger partial charge in [0.05, 0.1) is 29.7 Å². The maximum atomic E-state index is 12.9. The summed E-state index contributed by atoms with van der Waals surface area (Å²) in [6.45, 7) is 8.16. The topological polar surface area (TPSA) is 85.0 Å². The Morgan fingerprint density at radius 1 is 1.18 bits per heavy atom. The molecule has 3 aromatic heterocycles. The van der Waals surface area contributed by atoms with Crippen molar-refractivity contribution in [2.45, 2.75) is 26.9 Å². The van der Waals surface area contributed by atoms with E-state index in [1.807, 2.05) is 41.6 Å². The minimum atomic E-state index is 0.0192. The Kier molecular flexibility index (Phi) is 5.05. The van der Waals surface area contributed by atoms with Gasteiger partial charge in [0, 0.05) is 45.1 Å². The van der Waals surface area contributed by atoms with Gasteiger partial charge in [-0.15, -0.1) is 5.10 Å². The first-order valence-corrected chi connectivity index (χ1v) is 9.52. The second-order valence-corrected chi connectivity index (χ2v) is 6.83. The summed E-state index contributed by atoms with van der Waals surface area (Å²) in [7, 11) is 0. The molecule has 1 amide bonds. The van der Waals surface area contributed by atoms with Gasteiger partial charge in [0.1, 0.15) is 5.82 Å². The molecule has 0 aliphatic carbocycles. The van der Waals surface area contributed by atoms with Crippen molar-refractivity contribution in [2.24, 2.45) is 0 Å². The van der Waals surface area contributed by atoms with Gasteiger partial charge in [-0.25, -0.2) is 9.67 Å². The molecule has 1 aliphatic heterocycles. The Hall–Kier alpha value is -3.23. The molecule has 3 aromatic rings. The van der Waals surface area contributed by atoms with Gasteiger partial charge in [-0.3, -0.25) is 9.48 Å². The molecule has 0 bridgehead atoms. The second kappa shape index (κ2) is 7.79. The molecular weight excluding hydrogens is 356 g/mol. The highest BCUT2D eigenvalue weighted by Crippen LogP contribution is 2.15. The third-order valence-electron chi connectivity index (χ3n) is 5.06. The van der Waals surface area contributed by atoms with Crippen LogP contribution in [0.25, 0.3) is 0 Å². The molecule has 0 radical (unpaired) electrons. The van der Waals surface area contributed by atoms with E-state index in [9.17, 15) is 4.79 Å². The van der Waals surface area contributed by atoms with Crippen LogP contribution in [0, 0.1) is 6.92 Å². The number of piperazine rings is 1. The van der Waals surface area contributed by atoms with Crippen molar-refractivity contribution in [1.82, 2.24) is 34.7 Å². The van der Waals surface area contributed by atoms with Crippen molar-refractivity contribution in [3.8, 4) is 0 Å². The van der Waals surface area contributed by atoms with E-state index in [1.165, 1.54) is 0 Å². The van der Waals surface area contributed by atoms with E-state index in [0.29, 0.717) is 25.2 Å². The average Bonchev–Trinajstić information content (AvgIpc) is 3.35. The number of nitrogens with zero attached hydrogens (tertiary/aromatic N) is 8. The van der Waals surface area contributed by atoms with Crippen molar-refractivity contribution >= 4 is 11.7 Å². The maximum Gasteiger partial charge on any atom is 0.257 e. The van der Waals surface area contributed by atoms with Crippen LogP contribution in [0.1, 0.15) is 28.7 Å². The summed E-state index contributed by atoms with van der Waals surface area (Å²) in [5.41, 5.74) is 2.50. The van der Waals surface area contributed by atoms with E-state index < -0.39 is 0 Å². The van der Waals surface area contributed by atoms with Gasteiger partial charge < -0.3 is 9.80 Å². The summed E-state index contributed by atoms with van der Waals surface area (Å²) in [4.78, 5) is 21.3. The van der Waals surface area contributed by atoms with Gasteiger partial charge in [-0.05, 0) is 26.0 Å². The summed E-state index contributed by atoms with van der Waals surface area (Å²) in [6, 6.07) is 5.89. The molecular formula is C19H24N8O. The first kappa shape index (κ1) is 18.1. The van der Waals surface area contributed by atoms with E-state index in [-0.39, 0.29) is 5.91 Å². The lowest BCUT2D eigenvalue weighted by Gasteiger charge is -2.35. The molecule has 1 fully saturated rings. The lowest BCUT2D eigenvalue weighted by Crippen LogP contribution is -2.49. The average molecular weight is 380 g/mol. The van der Waals surface area contributed by atoms with Crippen molar-refractivity contribution in [3.05, 3.63) is 53.7 Å². The smallest absolute Gasteiger partial charge is 0.257 e. The highest BCUT2D eigenvalue weighted by Gasteiger charge is 2.24. The fourth-order valence-corrected chi connectivity index (χ4v) is 3.45. The number of rotatable bonds is 5. The number of hydrogen-bond donors (Lipinski definition) is 0. The number of hydrogen-bond acceptors (Lipinski definition) is 6. The van der Waals surface area contributed by atoms with Crippen molar-refractivity contribution in [1.29, 1.82) is 0 Å². The van der Waals surface area contributed by atoms with Gasteiger partial charge in [0.15, 0.2) is 0 Å². The van der Waals surface area contributed by atoms with Gasteiger partial charge in [-0.1, -0.05) is 11.3 Å². The number of pyridine rings is 1. The van der Waals surface area contributed by atoms with Crippen LogP contribution in [0.5, 0.6) is 0 Å². The molecule has 0 aromatic carbocycles. The molecule has 0 atom stereocenters. The lowest BCUT2D eigenvalue weighted by atomic mass is 10.2. The number of carbonyl (C=O) groups is 1. The van der Waals surface area contributed by atoms with E-state index in [0.717, 1.165) is 36.8 Å². The Balaban J connectivity index is 1.39. The van der Waals surface area contributed by atoms with Crippen LogP contribution in [0.2, 0.25) is 0 Å². The molecule has 9 nitrogen and oxygen atoms in total. The molecule has 0 N–H and O–H groups in total. The Bertz CT molecular complexity index is 940. The number of amides is 1. The summed E-state index contributed by atoms with van der Waals surface area (Å²) in [5, 5.41) is 12.6. The first-order valence-electron chi connectivity index (χ1n) is 9.52. The zero-order chi connectivity index (χ0) is 19.5. The molecule has 9 heteroatoms. The molecule has 1 aliphatic rings. The normalized spacial score (nSPS) is 14.5. The third kappa shape index (κ3) is 3.60. The first-order chi connectivity index (χ1) is 13.7. The van der Waals surface area contributed by atoms with E-state index in [4.69, 9.17) is 0 Å². The Labute approximate surface area is 163 Å². The molecule has 0 saturated carbocycles. The molecule has 1 saturated heterocycles. The number of aryl methyl sites for hydroxylation is 2. The second-order valence-electron chi connectivity index (χ2n) is 6.83. The summed E-state index contributed by atoms with van der Waals surface area (Å²) >= 11 is 0. The van der Waals surface area contributed by atoms with Crippen LogP contribution in [0.4, 0.5) is 5.82 Å². The van der Waals surface area contributed by atoms with Crippen LogP contribution in [-0.4, -0.2) is 66.7 Å². The van der Waals surface area contributed by atoms with E-state index in [1.54, 1.807) is 23.3 Å². The predicted octanol–water partition coefficient (Wildman–Crippen LogP) is 1.21. The summed E-state index contributed by atoms with van der Waals surface area (Å²) in [5.74, 6) is 0.977. The summed E-state index contributed by atoms with van der Waals surface area (Å²) in [6.07, 6.45) is 5.24. The molecule has 0 spiro atoms. The van der Waals surface area contributed by atoms with Crippen LogP contribution in [0.3, 0.4) is 0 Å². The number of aromatic nitrogens is 6. The summed E-state index contributed by atoms with van der Waals surface area (Å²) < 4.78 is 3.63. The third-order valence-corrected chi connectivity index (χ3v) is 5.06. The Morgan fingerprint density at radius 3 is 2.71 bits per heavy atom. The van der Waals surface area contributed by atoms with Crippen molar-refractivity contribution in [2.75, 3.05) is 31.1 Å². The van der Waals surface area contributed by atoms with Crippen LogP contribution in [0.15, 0.2) is 36.8 Å². The minimum Gasteiger partial charge on any atom is -0.353 e. The van der Waals surface area contributed by atoms with E-state index in [2.05, 4.69) is 25.3 Å². The van der Waals surface area contributed by atoms with Crippen LogP contribution < -0.4 is 4.90 Å². The predicted molar refractivity (Wildman–Crippen MR) is 104 cm³/mol. The highest BCUT2D eigenvalue weighted by molar-refractivity contribution is 5.93. The number of carbonyl (C=O) groups excluding carboxylic acids is 1. The molecule has 146 valence electrons. The Morgan fingerprint density at radius 2 is 2.00 bits per heavy atom. The molecule has 0 unspecified atom stereocenters. The standard InChI is InChI=1S/C19H24N8O/c1-3-27-17(15(2)22-23-27)14-26-13-16(12-21-26)19(28)25-10-8-24(9-11-25)18-6-4-5-7-20-18/h4-7,12-13H,3,8-11,14H2,1-2H3. The molecule has 4 heterocycles.